The number of ether oxygens (including phenoxy) is 3. The first-order chi connectivity index (χ1) is 7.93. The zero-order valence-electron chi connectivity index (χ0n) is 10.2. The van der Waals surface area contributed by atoms with E-state index in [9.17, 15) is 0 Å². The molecule has 1 fully saturated rings. The first-order valence-corrected chi connectivity index (χ1v) is 6.01. The van der Waals surface area contributed by atoms with Crippen LogP contribution in [0.5, 0.6) is 0 Å². The Labute approximate surface area is 98.0 Å². The average Bonchev–Trinajstić information content (AvgIpc) is 2.34. The highest BCUT2D eigenvalue weighted by atomic mass is 16.5. The smallest absolute Gasteiger partial charge is 0.0700 e. The highest BCUT2D eigenvalue weighted by Crippen LogP contribution is 1.94. The van der Waals surface area contributed by atoms with Gasteiger partial charge in [-0.05, 0) is 0 Å². The minimum Gasteiger partial charge on any atom is -0.382 e. The molecule has 16 heavy (non-hydrogen) atoms. The number of nitrogens with zero attached hydrogens (tertiary/aromatic N) is 1. The van der Waals surface area contributed by atoms with Crippen LogP contribution in [0.2, 0.25) is 0 Å². The van der Waals surface area contributed by atoms with E-state index in [1.165, 1.54) is 0 Å². The molecule has 0 aromatic rings. The van der Waals surface area contributed by atoms with Crippen LogP contribution >= 0.6 is 0 Å². The van der Waals surface area contributed by atoms with E-state index in [1.54, 1.807) is 7.11 Å². The number of hydrogen-bond donors (Lipinski definition) is 1. The van der Waals surface area contributed by atoms with Crippen molar-refractivity contribution in [2.75, 3.05) is 72.9 Å². The fourth-order valence-corrected chi connectivity index (χ4v) is 1.58. The van der Waals surface area contributed by atoms with Crippen molar-refractivity contribution in [3.05, 3.63) is 0 Å². The molecular formula is C11H24N2O3. The summed E-state index contributed by atoms with van der Waals surface area (Å²) in [5.41, 5.74) is 0. The van der Waals surface area contributed by atoms with E-state index in [2.05, 4.69) is 10.2 Å². The molecular weight excluding hydrogens is 208 g/mol. The van der Waals surface area contributed by atoms with E-state index >= 15 is 0 Å². The Balaban J connectivity index is 1.77. The van der Waals surface area contributed by atoms with Crippen LogP contribution in [0.3, 0.4) is 0 Å². The monoisotopic (exact) mass is 232 g/mol. The van der Waals surface area contributed by atoms with Gasteiger partial charge in [0.05, 0.1) is 33.0 Å². The van der Waals surface area contributed by atoms with E-state index in [1.807, 2.05) is 0 Å². The van der Waals surface area contributed by atoms with E-state index in [-0.39, 0.29) is 0 Å². The number of methoxy groups -OCH3 is 1. The van der Waals surface area contributed by atoms with E-state index < -0.39 is 0 Å². The number of nitrogens with one attached hydrogen (secondary N) is 1. The normalized spacial score (nSPS) is 17.8. The summed E-state index contributed by atoms with van der Waals surface area (Å²) in [4.78, 5) is 2.42. The molecule has 0 aromatic carbocycles. The van der Waals surface area contributed by atoms with Gasteiger partial charge in [0, 0.05) is 39.8 Å². The maximum Gasteiger partial charge on any atom is 0.0700 e. The zero-order valence-corrected chi connectivity index (χ0v) is 10.2. The Bertz CT molecular complexity index is 152. The van der Waals surface area contributed by atoms with Gasteiger partial charge in [-0.25, -0.2) is 0 Å². The fourth-order valence-electron chi connectivity index (χ4n) is 1.58. The van der Waals surface area contributed by atoms with Crippen molar-refractivity contribution >= 4 is 0 Å². The lowest BCUT2D eigenvalue weighted by atomic mass is 10.4. The number of rotatable bonds is 9. The van der Waals surface area contributed by atoms with Crippen LogP contribution in [0.15, 0.2) is 0 Å². The highest BCUT2D eigenvalue weighted by molar-refractivity contribution is 4.62. The number of hydrogen-bond acceptors (Lipinski definition) is 5. The summed E-state index contributed by atoms with van der Waals surface area (Å²) >= 11 is 0. The maximum atomic E-state index is 5.34. The molecule has 0 radical (unpaired) electrons. The lowest BCUT2D eigenvalue weighted by molar-refractivity contribution is 0.0378. The van der Waals surface area contributed by atoms with Crippen molar-refractivity contribution in [3.8, 4) is 0 Å². The Kier molecular flexibility index (Phi) is 8.65. The molecule has 1 aliphatic rings. The van der Waals surface area contributed by atoms with Gasteiger partial charge in [0.15, 0.2) is 0 Å². The molecule has 0 aromatic heterocycles. The molecule has 0 aliphatic carbocycles. The summed E-state index contributed by atoms with van der Waals surface area (Å²) in [5.74, 6) is 0. The van der Waals surface area contributed by atoms with Gasteiger partial charge in [-0.2, -0.15) is 0 Å². The Morgan fingerprint density at radius 2 is 1.94 bits per heavy atom. The summed E-state index contributed by atoms with van der Waals surface area (Å²) in [5, 5.41) is 3.36. The molecule has 1 aliphatic heterocycles. The molecule has 0 saturated carbocycles. The van der Waals surface area contributed by atoms with E-state index in [4.69, 9.17) is 14.2 Å². The maximum absolute atomic E-state index is 5.34. The quantitative estimate of drug-likeness (QED) is 0.547. The second-order valence-corrected chi connectivity index (χ2v) is 3.81. The van der Waals surface area contributed by atoms with Gasteiger partial charge in [0.25, 0.3) is 0 Å². The minimum atomic E-state index is 0.674. The summed E-state index contributed by atoms with van der Waals surface area (Å²) in [6.07, 6.45) is 0. The Hall–Kier alpha value is -0.200. The summed E-state index contributed by atoms with van der Waals surface area (Å²) < 4.78 is 15.5. The van der Waals surface area contributed by atoms with Gasteiger partial charge in [0.2, 0.25) is 0 Å². The molecule has 0 amide bonds. The van der Waals surface area contributed by atoms with Crippen molar-refractivity contribution in [3.63, 3.8) is 0 Å². The van der Waals surface area contributed by atoms with Crippen LogP contribution in [0.4, 0.5) is 0 Å². The summed E-state index contributed by atoms with van der Waals surface area (Å²) in [7, 11) is 1.68. The Morgan fingerprint density at radius 3 is 2.69 bits per heavy atom. The first-order valence-electron chi connectivity index (χ1n) is 6.01. The second-order valence-electron chi connectivity index (χ2n) is 3.81. The predicted molar refractivity (Wildman–Crippen MR) is 62.8 cm³/mol. The third kappa shape index (κ3) is 7.14. The molecule has 0 spiro atoms. The van der Waals surface area contributed by atoms with Crippen molar-refractivity contribution in [2.24, 2.45) is 0 Å². The average molecular weight is 232 g/mol. The molecule has 1 rings (SSSR count). The molecule has 1 N–H and O–H groups in total. The molecule has 1 heterocycles. The molecule has 96 valence electrons. The first kappa shape index (κ1) is 13.9. The Morgan fingerprint density at radius 1 is 1.12 bits per heavy atom. The minimum absolute atomic E-state index is 0.674. The van der Waals surface area contributed by atoms with Gasteiger partial charge >= 0.3 is 0 Å². The molecule has 0 unspecified atom stereocenters. The van der Waals surface area contributed by atoms with Crippen LogP contribution in [0.1, 0.15) is 0 Å². The fraction of sp³-hybridized carbons (Fsp3) is 1.00. The van der Waals surface area contributed by atoms with Crippen LogP contribution < -0.4 is 5.32 Å². The van der Waals surface area contributed by atoms with Crippen molar-refractivity contribution in [1.29, 1.82) is 0 Å². The van der Waals surface area contributed by atoms with Crippen molar-refractivity contribution in [2.45, 2.75) is 0 Å². The number of morpholine rings is 1. The van der Waals surface area contributed by atoms with Crippen molar-refractivity contribution < 1.29 is 14.2 Å². The topological polar surface area (TPSA) is 43.0 Å². The molecule has 5 nitrogen and oxygen atoms in total. The standard InChI is InChI=1S/C11H24N2O3/c1-14-10-11-15-7-3-12-2-4-13-5-8-16-9-6-13/h12H,2-11H2,1H3. The molecule has 0 bridgehead atoms. The zero-order chi connectivity index (χ0) is 11.5. The summed E-state index contributed by atoms with van der Waals surface area (Å²) in [6, 6.07) is 0. The SMILES string of the molecule is COCCOCCNCCN1CCOCC1. The largest absolute Gasteiger partial charge is 0.382 e. The van der Waals surface area contributed by atoms with Gasteiger partial charge in [-0.15, -0.1) is 0 Å². The second kappa shape index (κ2) is 9.99. The molecule has 0 atom stereocenters. The summed E-state index contributed by atoms with van der Waals surface area (Å²) in [6.45, 7) is 9.02. The highest BCUT2D eigenvalue weighted by Gasteiger charge is 2.08. The van der Waals surface area contributed by atoms with Crippen LogP contribution in [0, 0.1) is 0 Å². The van der Waals surface area contributed by atoms with Gasteiger partial charge in [-0.3, -0.25) is 4.90 Å². The van der Waals surface area contributed by atoms with Gasteiger partial charge < -0.3 is 19.5 Å². The molecule has 1 saturated heterocycles. The van der Waals surface area contributed by atoms with Gasteiger partial charge in [0.1, 0.15) is 0 Å². The van der Waals surface area contributed by atoms with Crippen LogP contribution in [-0.2, 0) is 14.2 Å². The lowest BCUT2D eigenvalue weighted by Gasteiger charge is -2.26. The predicted octanol–water partition coefficient (Wildman–Crippen LogP) is -0.429. The lowest BCUT2D eigenvalue weighted by Crippen LogP contribution is -2.40. The molecule has 5 heteroatoms. The van der Waals surface area contributed by atoms with Gasteiger partial charge in [-0.1, -0.05) is 0 Å². The van der Waals surface area contributed by atoms with E-state index in [0.717, 1.165) is 52.5 Å². The van der Waals surface area contributed by atoms with Crippen molar-refractivity contribution in [1.82, 2.24) is 10.2 Å². The third-order valence-corrected chi connectivity index (χ3v) is 2.56. The van der Waals surface area contributed by atoms with Crippen LogP contribution in [0.25, 0.3) is 0 Å². The third-order valence-electron chi connectivity index (χ3n) is 2.56. The van der Waals surface area contributed by atoms with Crippen LogP contribution in [-0.4, -0.2) is 77.8 Å². The van der Waals surface area contributed by atoms with E-state index in [0.29, 0.717) is 13.2 Å².